The fourth-order valence-electron chi connectivity index (χ4n) is 3.57. The molecular formula is C15H26N6O. The van der Waals surface area contributed by atoms with E-state index < -0.39 is 0 Å². The van der Waals surface area contributed by atoms with Crippen molar-refractivity contribution in [3.63, 3.8) is 0 Å². The molecule has 2 heterocycles. The van der Waals surface area contributed by atoms with Gasteiger partial charge in [-0.1, -0.05) is 19.8 Å². The van der Waals surface area contributed by atoms with Crippen LogP contribution in [0.5, 0.6) is 0 Å². The van der Waals surface area contributed by atoms with Gasteiger partial charge in [-0.3, -0.25) is 9.69 Å². The Kier molecular flexibility index (Phi) is 4.92. The Balaban J connectivity index is 1.52. The standard InChI is InChI=1S/C15H26N6O/c1-2-13(14(22)18-12-5-3-4-6-12)20-7-9-21(10-8-20)15-16-11-17-19-15/h11-13H,2-10H2,1H3,(H,18,22)(H,16,17,19). The lowest BCUT2D eigenvalue weighted by Gasteiger charge is -2.38. The lowest BCUT2D eigenvalue weighted by Crippen LogP contribution is -2.56. The van der Waals surface area contributed by atoms with E-state index in [2.05, 4.69) is 37.2 Å². The first-order chi connectivity index (χ1) is 10.8. The predicted octanol–water partition coefficient (Wildman–Crippen LogP) is 0.764. The fourth-order valence-corrected chi connectivity index (χ4v) is 3.57. The molecule has 1 aliphatic heterocycles. The summed E-state index contributed by atoms with van der Waals surface area (Å²) in [6, 6.07) is 0.398. The van der Waals surface area contributed by atoms with Crippen LogP contribution in [0.3, 0.4) is 0 Å². The number of carbonyl (C=O) groups is 1. The van der Waals surface area contributed by atoms with Gasteiger partial charge in [0.1, 0.15) is 6.33 Å². The van der Waals surface area contributed by atoms with Crippen LogP contribution in [0, 0.1) is 0 Å². The molecule has 0 aromatic carbocycles. The van der Waals surface area contributed by atoms with Gasteiger partial charge < -0.3 is 10.2 Å². The van der Waals surface area contributed by atoms with Crippen molar-refractivity contribution in [1.82, 2.24) is 25.4 Å². The third-order valence-corrected chi connectivity index (χ3v) is 4.85. The molecule has 1 saturated carbocycles. The van der Waals surface area contributed by atoms with E-state index in [-0.39, 0.29) is 11.9 Å². The lowest BCUT2D eigenvalue weighted by molar-refractivity contribution is -0.127. The van der Waals surface area contributed by atoms with Crippen molar-refractivity contribution in [1.29, 1.82) is 0 Å². The van der Waals surface area contributed by atoms with Crippen molar-refractivity contribution in [2.24, 2.45) is 0 Å². The zero-order valence-corrected chi connectivity index (χ0v) is 13.3. The smallest absolute Gasteiger partial charge is 0.237 e. The molecule has 1 amide bonds. The molecule has 2 aliphatic rings. The number of anilines is 1. The molecule has 1 saturated heterocycles. The average Bonchev–Trinajstić information content (AvgIpc) is 3.22. The van der Waals surface area contributed by atoms with Crippen molar-refractivity contribution in [3.05, 3.63) is 6.33 Å². The molecule has 1 unspecified atom stereocenters. The largest absolute Gasteiger partial charge is 0.352 e. The number of H-pyrrole nitrogens is 1. The maximum Gasteiger partial charge on any atom is 0.237 e. The number of piperazine rings is 1. The van der Waals surface area contributed by atoms with E-state index in [1.54, 1.807) is 0 Å². The van der Waals surface area contributed by atoms with E-state index in [1.807, 2.05) is 0 Å². The molecule has 2 N–H and O–H groups in total. The Morgan fingerprint density at radius 3 is 2.68 bits per heavy atom. The molecule has 0 radical (unpaired) electrons. The van der Waals surface area contributed by atoms with Gasteiger partial charge in [-0.05, 0) is 19.3 Å². The number of hydrogen-bond donors (Lipinski definition) is 2. The summed E-state index contributed by atoms with van der Waals surface area (Å²) in [5.74, 6) is 1.03. The van der Waals surface area contributed by atoms with Crippen molar-refractivity contribution < 1.29 is 4.79 Å². The summed E-state index contributed by atoms with van der Waals surface area (Å²) < 4.78 is 0. The summed E-state index contributed by atoms with van der Waals surface area (Å²) in [5, 5.41) is 10.0. The number of nitrogens with zero attached hydrogens (tertiary/aromatic N) is 4. The maximum absolute atomic E-state index is 12.5. The Bertz CT molecular complexity index is 462. The summed E-state index contributed by atoms with van der Waals surface area (Å²) in [7, 11) is 0. The normalized spacial score (nSPS) is 22.0. The van der Waals surface area contributed by atoms with Gasteiger partial charge in [-0.15, -0.1) is 0 Å². The number of rotatable bonds is 5. The van der Waals surface area contributed by atoms with Crippen LogP contribution < -0.4 is 10.2 Å². The van der Waals surface area contributed by atoms with Crippen molar-refractivity contribution >= 4 is 11.9 Å². The minimum Gasteiger partial charge on any atom is -0.352 e. The minimum atomic E-state index is -0.00234. The van der Waals surface area contributed by atoms with Gasteiger partial charge in [0, 0.05) is 32.2 Å². The van der Waals surface area contributed by atoms with Gasteiger partial charge in [0.25, 0.3) is 0 Å². The van der Waals surface area contributed by atoms with Gasteiger partial charge in [0.2, 0.25) is 11.9 Å². The number of amides is 1. The molecule has 1 aliphatic carbocycles. The topological polar surface area (TPSA) is 77.2 Å². The van der Waals surface area contributed by atoms with Crippen molar-refractivity contribution in [2.45, 2.75) is 51.1 Å². The zero-order valence-electron chi connectivity index (χ0n) is 13.3. The Morgan fingerprint density at radius 1 is 1.36 bits per heavy atom. The highest BCUT2D eigenvalue weighted by atomic mass is 16.2. The predicted molar refractivity (Wildman–Crippen MR) is 84.6 cm³/mol. The highest BCUT2D eigenvalue weighted by molar-refractivity contribution is 5.82. The SMILES string of the molecule is CCC(C(=O)NC1CCCC1)N1CCN(c2ncn[nH]2)CC1. The molecule has 0 bridgehead atoms. The first kappa shape index (κ1) is 15.3. The molecule has 1 aromatic heterocycles. The molecule has 7 nitrogen and oxygen atoms in total. The lowest BCUT2D eigenvalue weighted by atomic mass is 10.1. The highest BCUT2D eigenvalue weighted by Crippen LogP contribution is 2.19. The van der Waals surface area contributed by atoms with Crippen LogP contribution in [-0.2, 0) is 4.79 Å². The van der Waals surface area contributed by atoms with Gasteiger partial charge in [0.15, 0.2) is 0 Å². The number of aromatic nitrogens is 3. The molecule has 1 aromatic rings. The van der Waals surface area contributed by atoms with E-state index in [1.165, 1.54) is 19.2 Å². The van der Waals surface area contributed by atoms with Crippen LogP contribution in [0.4, 0.5) is 5.95 Å². The maximum atomic E-state index is 12.5. The van der Waals surface area contributed by atoms with Gasteiger partial charge in [-0.25, -0.2) is 5.10 Å². The summed E-state index contributed by atoms with van der Waals surface area (Å²) in [4.78, 5) is 21.2. The third-order valence-electron chi connectivity index (χ3n) is 4.85. The Labute approximate surface area is 131 Å². The molecule has 122 valence electrons. The monoisotopic (exact) mass is 306 g/mol. The summed E-state index contributed by atoms with van der Waals surface area (Å²) in [6.45, 7) is 5.63. The Morgan fingerprint density at radius 2 is 2.09 bits per heavy atom. The highest BCUT2D eigenvalue weighted by Gasteiger charge is 2.30. The summed E-state index contributed by atoms with van der Waals surface area (Å²) >= 11 is 0. The minimum absolute atomic E-state index is 0.00234. The van der Waals surface area contributed by atoms with Crippen LogP contribution in [0.25, 0.3) is 0 Å². The van der Waals surface area contributed by atoms with Crippen molar-refractivity contribution in [3.8, 4) is 0 Å². The molecule has 2 fully saturated rings. The molecule has 1 atom stereocenters. The summed E-state index contributed by atoms with van der Waals surface area (Å²) in [6.07, 6.45) is 7.17. The number of hydrogen-bond acceptors (Lipinski definition) is 5. The third kappa shape index (κ3) is 3.40. The van der Waals surface area contributed by atoms with Crippen LogP contribution in [0.1, 0.15) is 39.0 Å². The van der Waals surface area contributed by atoms with Gasteiger partial charge >= 0.3 is 0 Å². The van der Waals surface area contributed by atoms with Gasteiger partial charge in [-0.2, -0.15) is 10.1 Å². The second-order valence-corrected chi connectivity index (χ2v) is 6.25. The number of aromatic amines is 1. The molecule has 7 heteroatoms. The van der Waals surface area contributed by atoms with Gasteiger partial charge in [0.05, 0.1) is 6.04 Å². The van der Waals surface area contributed by atoms with Crippen LogP contribution in [-0.4, -0.2) is 64.3 Å². The first-order valence-electron chi connectivity index (χ1n) is 8.42. The Hall–Kier alpha value is -1.63. The quantitative estimate of drug-likeness (QED) is 0.840. The van der Waals surface area contributed by atoms with E-state index in [9.17, 15) is 4.79 Å². The molecule has 0 spiro atoms. The van der Waals surface area contributed by atoms with Crippen LogP contribution >= 0.6 is 0 Å². The molecular weight excluding hydrogens is 280 g/mol. The van der Waals surface area contributed by atoms with E-state index in [0.717, 1.165) is 51.4 Å². The van der Waals surface area contributed by atoms with Crippen LogP contribution in [0.2, 0.25) is 0 Å². The molecule has 22 heavy (non-hydrogen) atoms. The second kappa shape index (κ2) is 7.09. The first-order valence-corrected chi connectivity index (χ1v) is 8.42. The summed E-state index contributed by atoms with van der Waals surface area (Å²) in [5.41, 5.74) is 0. The second-order valence-electron chi connectivity index (χ2n) is 6.25. The van der Waals surface area contributed by atoms with Crippen molar-refractivity contribution in [2.75, 3.05) is 31.1 Å². The number of carbonyl (C=O) groups excluding carboxylic acids is 1. The zero-order chi connectivity index (χ0) is 15.4. The van der Waals surface area contributed by atoms with Crippen LogP contribution in [0.15, 0.2) is 6.33 Å². The average molecular weight is 306 g/mol. The van der Waals surface area contributed by atoms with E-state index in [4.69, 9.17) is 0 Å². The van der Waals surface area contributed by atoms with E-state index >= 15 is 0 Å². The number of nitrogens with one attached hydrogen (secondary N) is 2. The van der Waals surface area contributed by atoms with E-state index in [0.29, 0.717) is 6.04 Å². The molecule has 3 rings (SSSR count). The fraction of sp³-hybridized carbons (Fsp3) is 0.800.